The van der Waals surface area contributed by atoms with E-state index >= 15 is 0 Å². The van der Waals surface area contributed by atoms with Crippen LogP contribution < -0.4 is 10.6 Å². The minimum atomic E-state index is -0.179. The lowest BCUT2D eigenvalue weighted by molar-refractivity contribution is -0.114. The van der Waals surface area contributed by atoms with E-state index in [1.807, 2.05) is 36.5 Å². The summed E-state index contributed by atoms with van der Waals surface area (Å²) in [6.45, 7) is 1.83. The van der Waals surface area contributed by atoms with Crippen LogP contribution in [0.2, 0.25) is 0 Å². The summed E-state index contributed by atoms with van der Waals surface area (Å²) >= 11 is 0. The van der Waals surface area contributed by atoms with Crippen LogP contribution in [0.4, 0.5) is 5.69 Å². The molecular weight excluding hydrogens is 316 g/mol. The fourth-order valence-electron chi connectivity index (χ4n) is 2.37. The molecule has 2 aromatic carbocycles. The molecule has 2 N–H and O–H groups in total. The first-order valence-electron chi connectivity index (χ1n) is 7.86. The first kappa shape index (κ1) is 16.4. The van der Waals surface area contributed by atoms with Crippen molar-refractivity contribution in [3.8, 4) is 5.69 Å². The van der Waals surface area contributed by atoms with E-state index in [0.717, 1.165) is 11.3 Å². The molecule has 0 saturated heterocycles. The molecule has 6 nitrogen and oxygen atoms in total. The van der Waals surface area contributed by atoms with Gasteiger partial charge in [0.05, 0.1) is 11.9 Å². The molecule has 6 heteroatoms. The standard InChI is InChI=1S/C19H18N4O2/c1-14(24)22-17-9-7-16(8-10-17)19(25)20-11-15-12-21-23(13-15)18-5-3-2-4-6-18/h2-10,12-13H,11H2,1H3,(H,20,25)(H,22,24). The second-order valence-corrected chi connectivity index (χ2v) is 5.57. The molecule has 126 valence electrons. The molecule has 0 bridgehead atoms. The van der Waals surface area contributed by atoms with Gasteiger partial charge in [0, 0.05) is 36.5 Å². The average molecular weight is 334 g/mol. The lowest BCUT2D eigenvalue weighted by Gasteiger charge is -2.06. The van der Waals surface area contributed by atoms with E-state index in [9.17, 15) is 9.59 Å². The maximum absolute atomic E-state index is 12.2. The van der Waals surface area contributed by atoms with Gasteiger partial charge in [0.1, 0.15) is 0 Å². The number of carbonyl (C=O) groups is 2. The van der Waals surface area contributed by atoms with Crippen molar-refractivity contribution in [3.63, 3.8) is 0 Å². The van der Waals surface area contributed by atoms with Crippen molar-refractivity contribution in [2.24, 2.45) is 0 Å². The first-order chi connectivity index (χ1) is 12.1. The average Bonchev–Trinajstić information content (AvgIpc) is 3.10. The zero-order valence-corrected chi connectivity index (χ0v) is 13.8. The number of nitrogens with one attached hydrogen (secondary N) is 2. The molecule has 0 aliphatic rings. The fraction of sp³-hybridized carbons (Fsp3) is 0.105. The molecule has 0 fully saturated rings. The third-order valence-corrected chi connectivity index (χ3v) is 3.58. The first-order valence-corrected chi connectivity index (χ1v) is 7.86. The summed E-state index contributed by atoms with van der Waals surface area (Å²) in [5.41, 5.74) is 3.07. The second kappa shape index (κ2) is 7.44. The molecule has 0 spiro atoms. The van der Waals surface area contributed by atoms with Gasteiger partial charge in [-0.3, -0.25) is 9.59 Å². The Labute approximate surface area is 145 Å². The number of carbonyl (C=O) groups excluding carboxylic acids is 2. The van der Waals surface area contributed by atoms with Crippen molar-refractivity contribution in [1.82, 2.24) is 15.1 Å². The highest BCUT2D eigenvalue weighted by Gasteiger charge is 2.07. The van der Waals surface area contributed by atoms with E-state index in [4.69, 9.17) is 0 Å². The summed E-state index contributed by atoms with van der Waals surface area (Å²) in [5, 5.41) is 9.83. The molecule has 0 radical (unpaired) electrons. The van der Waals surface area contributed by atoms with Gasteiger partial charge < -0.3 is 10.6 Å². The third kappa shape index (κ3) is 4.32. The topological polar surface area (TPSA) is 76.0 Å². The van der Waals surface area contributed by atoms with E-state index in [2.05, 4.69) is 15.7 Å². The SMILES string of the molecule is CC(=O)Nc1ccc(C(=O)NCc2cnn(-c3ccccc3)c2)cc1. The summed E-state index contributed by atoms with van der Waals surface area (Å²) in [4.78, 5) is 23.2. The van der Waals surface area contributed by atoms with Crippen LogP contribution in [0, 0.1) is 0 Å². The summed E-state index contributed by atoms with van der Waals surface area (Å²) in [7, 11) is 0. The normalized spacial score (nSPS) is 10.3. The van der Waals surface area contributed by atoms with Crippen molar-refractivity contribution in [2.75, 3.05) is 5.32 Å². The van der Waals surface area contributed by atoms with Crippen molar-refractivity contribution < 1.29 is 9.59 Å². The summed E-state index contributed by atoms with van der Waals surface area (Å²) in [6.07, 6.45) is 3.61. The Morgan fingerprint density at radius 1 is 1.04 bits per heavy atom. The highest BCUT2D eigenvalue weighted by Crippen LogP contribution is 2.10. The number of benzene rings is 2. The smallest absolute Gasteiger partial charge is 0.251 e. The number of anilines is 1. The highest BCUT2D eigenvalue weighted by atomic mass is 16.2. The van der Waals surface area contributed by atoms with Crippen LogP contribution in [0.3, 0.4) is 0 Å². The van der Waals surface area contributed by atoms with Crippen molar-refractivity contribution in [1.29, 1.82) is 0 Å². The predicted molar refractivity (Wildman–Crippen MR) is 95.5 cm³/mol. The zero-order chi connectivity index (χ0) is 17.6. The summed E-state index contributed by atoms with van der Waals surface area (Å²) < 4.78 is 1.77. The van der Waals surface area contributed by atoms with Crippen LogP contribution in [0.25, 0.3) is 5.69 Å². The Morgan fingerprint density at radius 3 is 2.44 bits per heavy atom. The van der Waals surface area contributed by atoms with Crippen LogP contribution in [0.15, 0.2) is 67.0 Å². The van der Waals surface area contributed by atoms with E-state index in [1.54, 1.807) is 35.1 Å². The molecule has 1 aromatic heterocycles. The van der Waals surface area contributed by atoms with Gasteiger partial charge in [0.25, 0.3) is 5.91 Å². The molecule has 0 aliphatic carbocycles. The van der Waals surface area contributed by atoms with Gasteiger partial charge >= 0.3 is 0 Å². The van der Waals surface area contributed by atoms with Crippen LogP contribution in [0.1, 0.15) is 22.8 Å². The van der Waals surface area contributed by atoms with Gasteiger partial charge in [-0.1, -0.05) is 18.2 Å². The monoisotopic (exact) mass is 334 g/mol. The summed E-state index contributed by atoms with van der Waals surface area (Å²) in [6, 6.07) is 16.5. The lowest BCUT2D eigenvalue weighted by Crippen LogP contribution is -2.22. The maximum Gasteiger partial charge on any atom is 0.251 e. The number of aromatic nitrogens is 2. The molecule has 3 aromatic rings. The Kier molecular flexibility index (Phi) is 4.89. The zero-order valence-electron chi connectivity index (χ0n) is 13.8. The maximum atomic E-state index is 12.2. The molecule has 25 heavy (non-hydrogen) atoms. The number of hydrogen-bond donors (Lipinski definition) is 2. The van der Waals surface area contributed by atoms with Gasteiger partial charge in [-0.15, -0.1) is 0 Å². The van der Waals surface area contributed by atoms with Crippen molar-refractivity contribution in [2.45, 2.75) is 13.5 Å². The molecular formula is C19H18N4O2. The Balaban J connectivity index is 1.59. The van der Waals surface area contributed by atoms with Gasteiger partial charge in [-0.2, -0.15) is 5.10 Å². The number of amides is 2. The molecule has 3 rings (SSSR count). The molecule has 0 saturated carbocycles. The fourth-order valence-corrected chi connectivity index (χ4v) is 2.37. The third-order valence-electron chi connectivity index (χ3n) is 3.58. The predicted octanol–water partition coefficient (Wildman–Crippen LogP) is 2.76. The number of nitrogens with zero attached hydrogens (tertiary/aromatic N) is 2. The van der Waals surface area contributed by atoms with Crippen LogP contribution >= 0.6 is 0 Å². The van der Waals surface area contributed by atoms with E-state index in [0.29, 0.717) is 17.8 Å². The Morgan fingerprint density at radius 2 is 1.76 bits per heavy atom. The van der Waals surface area contributed by atoms with Gasteiger partial charge in [0.2, 0.25) is 5.91 Å². The van der Waals surface area contributed by atoms with Gasteiger partial charge in [-0.25, -0.2) is 4.68 Å². The van der Waals surface area contributed by atoms with Crippen molar-refractivity contribution in [3.05, 3.63) is 78.1 Å². The van der Waals surface area contributed by atoms with Gasteiger partial charge in [-0.05, 0) is 36.4 Å². The number of rotatable bonds is 5. The largest absolute Gasteiger partial charge is 0.348 e. The Bertz CT molecular complexity index is 870. The van der Waals surface area contributed by atoms with E-state index < -0.39 is 0 Å². The summed E-state index contributed by atoms with van der Waals surface area (Å²) in [5.74, 6) is -0.325. The minimum Gasteiger partial charge on any atom is -0.348 e. The lowest BCUT2D eigenvalue weighted by atomic mass is 10.2. The second-order valence-electron chi connectivity index (χ2n) is 5.57. The number of para-hydroxylation sites is 1. The molecule has 2 amide bonds. The minimum absolute atomic E-state index is 0.146. The molecule has 0 atom stereocenters. The van der Waals surface area contributed by atoms with E-state index in [-0.39, 0.29) is 11.8 Å². The Hall–Kier alpha value is -3.41. The van der Waals surface area contributed by atoms with Gasteiger partial charge in [0.15, 0.2) is 0 Å². The van der Waals surface area contributed by atoms with Crippen LogP contribution in [-0.4, -0.2) is 21.6 Å². The van der Waals surface area contributed by atoms with Crippen molar-refractivity contribution >= 4 is 17.5 Å². The van der Waals surface area contributed by atoms with Crippen LogP contribution in [-0.2, 0) is 11.3 Å². The molecule has 0 aliphatic heterocycles. The van der Waals surface area contributed by atoms with Crippen LogP contribution in [0.5, 0.6) is 0 Å². The molecule has 1 heterocycles. The number of hydrogen-bond acceptors (Lipinski definition) is 3. The highest BCUT2D eigenvalue weighted by molar-refractivity contribution is 5.95. The van der Waals surface area contributed by atoms with E-state index in [1.165, 1.54) is 6.92 Å². The quantitative estimate of drug-likeness (QED) is 0.753. The molecule has 0 unspecified atom stereocenters.